The second kappa shape index (κ2) is 7.20. The van der Waals surface area contributed by atoms with Crippen molar-refractivity contribution < 1.29 is 9.47 Å². The average Bonchev–Trinajstić information content (AvgIpc) is 2.83. The second-order valence-corrected chi connectivity index (χ2v) is 5.95. The highest BCUT2D eigenvalue weighted by atomic mass is 127. The molecule has 0 fully saturated rings. The van der Waals surface area contributed by atoms with Crippen LogP contribution in [0.4, 0.5) is 0 Å². The Morgan fingerprint density at radius 2 is 2.00 bits per heavy atom. The van der Waals surface area contributed by atoms with E-state index in [0.29, 0.717) is 19.3 Å². The van der Waals surface area contributed by atoms with Crippen LogP contribution in [-0.2, 0) is 5.41 Å². The van der Waals surface area contributed by atoms with Crippen LogP contribution in [0.25, 0.3) is 0 Å². The first-order valence-corrected chi connectivity index (χ1v) is 6.85. The van der Waals surface area contributed by atoms with Crippen molar-refractivity contribution in [2.24, 2.45) is 10.7 Å². The SMILES string of the molecule is CC(C)NC(N)=NCC(C)(C)c1ccc2c(c1)OCO2.I. The lowest BCUT2D eigenvalue weighted by molar-refractivity contribution is 0.174. The number of halogens is 1. The molecule has 5 nitrogen and oxygen atoms in total. The van der Waals surface area contributed by atoms with Gasteiger partial charge in [-0.3, -0.25) is 4.99 Å². The van der Waals surface area contributed by atoms with Gasteiger partial charge in [-0.05, 0) is 31.5 Å². The molecule has 0 saturated carbocycles. The Balaban J connectivity index is 0.00000220. The molecule has 1 aromatic rings. The Morgan fingerprint density at radius 3 is 2.67 bits per heavy atom. The highest BCUT2D eigenvalue weighted by Crippen LogP contribution is 2.36. The van der Waals surface area contributed by atoms with Gasteiger partial charge < -0.3 is 20.5 Å². The van der Waals surface area contributed by atoms with E-state index in [4.69, 9.17) is 15.2 Å². The van der Waals surface area contributed by atoms with E-state index in [0.717, 1.165) is 17.1 Å². The molecule has 21 heavy (non-hydrogen) atoms. The molecule has 1 aromatic carbocycles. The van der Waals surface area contributed by atoms with E-state index in [9.17, 15) is 0 Å². The fraction of sp³-hybridized carbons (Fsp3) is 0.533. The Morgan fingerprint density at radius 1 is 1.33 bits per heavy atom. The molecule has 0 amide bonds. The van der Waals surface area contributed by atoms with Gasteiger partial charge in [-0.1, -0.05) is 19.9 Å². The first-order valence-electron chi connectivity index (χ1n) is 6.85. The maximum Gasteiger partial charge on any atom is 0.231 e. The monoisotopic (exact) mass is 405 g/mol. The minimum Gasteiger partial charge on any atom is -0.454 e. The van der Waals surface area contributed by atoms with Crippen molar-refractivity contribution in [3.8, 4) is 11.5 Å². The van der Waals surface area contributed by atoms with Crippen LogP contribution in [0.1, 0.15) is 33.3 Å². The predicted molar refractivity (Wildman–Crippen MR) is 95.8 cm³/mol. The van der Waals surface area contributed by atoms with Crippen LogP contribution in [0.5, 0.6) is 11.5 Å². The molecular weight excluding hydrogens is 381 g/mol. The zero-order valence-electron chi connectivity index (χ0n) is 13.0. The van der Waals surface area contributed by atoms with E-state index >= 15 is 0 Å². The van der Waals surface area contributed by atoms with Gasteiger partial charge in [0.25, 0.3) is 0 Å². The Kier molecular flexibility index (Phi) is 6.12. The minimum absolute atomic E-state index is 0. The molecule has 0 bridgehead atoms. The Hall–Kier alpha value is -1.18. The van der Waals surface area contributed by atoms with E-state index in [1.165, 1.54) is 0 Å². The number of guanidine groups is 1. The molecule has 0 aromatic heterocycles. The number of ether oxygens (including phenoxy) is 2. The molecule has 3 N–H and O–H groups in total. The molecule has 6 heteroatoms. The highest BCUT2D eigenvalue weighted by molar-refractivity contribution is 14.0. The van der Waals surface area contributed by atoms with E-state index in [1.54, 1.807) is 0 Å². The van der Waals surface area contributed by atoms with Gasteiger partial charge in [0.05, 0.1) is 6.54 Å². The third-order valence-corrected chi connectivity index (χ3v) is 3.24. The largest absolute Gasteiger partial charge is 0.454 e. The molecule has 0 atom stereocenters. The lowest BCUT2D eigenvalue weighted by atomic mass is 9.84. The molecule has 1 aliphatic heterocycles. The Labute approximate surface area is 143 Å². The van der Waals surface area contributed by atoms with Gasteiger partial charge in [0.1, 0.15) is 0 Å². The third-order valence-electron chi connectivity index (χ3n) is 3.24. The number of rotatable bonds is 4. The fourth-order valence-corrected chi connectivity index (χ4v) is 2.03. The summed E-state index contributed by atoms with van der Waals surface area (Å²) in [7, 11) is 0. The average molecular weight is 405 g/mol. The first kappa shape index (κ1) is 17.9. The van der Waals surface area contributed by atoms with Crippen LogP contribution in [0.2, 0.25) is 0 Å². The standard InChI is InChI=1S/C15H23N3O2.HI/c1-10(2)18-14(16)17-8-15(3,4)11-5-6-12-13(7-11)20-9-19-12;/h5-7,10H,8-9H2,1-4H3,(H3,16,17,18);1H. The van der Waals surface area contributed by atoms with Crippen molar-refractivity contribution in [2.45, 2.75) is 39.2 Å². The maximum absolute atomic E-state index is 5.84. The summed E-state index contributed by atoms with van der Waals surface area (Å²) in [5, 5.41) is 3.09. The van der Waals surface area contributed by atoms with Crippen LogP contribution in [0.3, 0.4) is 0 Å². The summed E-state index contributed by atoms with van der Waals surface area (Å²) < 4.78 is 10.7. The van der Waals surface area contributed by atoms with Crippen molar-refractivity contribution in [1.82, 2.24) is 5.32 Å². The summed E-state index contributed by atoms with van der Waals surface area (Å²) in [5.74, 6) is 2.08. The third kappa shape index (κ3) is 4.66. The molecule has 1 heterocycles. The molecule has 1 aliphatic rings. The van der Waals surface area contributed by atoms with E-state index in [2.05, 4.69) is 30.2 Å². The van der Waals surface area contributed by atoms with Crippen LogP contribution >= 0.6 is 24.0 Å². The molecule has 118 valence electrons. The maximum atomic E-state index is 5.84. The molecule has 0 radical (unpaired) electrons. The lowest BCUT2D eigenvalue weighted by Gasteiger charge is -2.23. The van der Waals surface area contributed by atoms with E-state index in [1.807, 2.05) is 26.0 Å². The van der Waals surface area contributed by atoms with E-state index in [-0.39, 0.29) is 35.4 Å². The zero-order valence-corrected chi connectivity index (χ0v) is 15.3. The molecule has 0 saturated heterocycles. The van der Waals surface area contributed by atoms with Gasteiger partial charge in [-0.2, -0.15) is 0 Å². The molecule has 0 aliphatic carbocycles. The smallest absolute Gasteiger partial charge is 0.231 e. The summed E-state index contributed by atoms with van der Waals surface area (Å²) in [6.07, 6.45) is 0. The van der Waals surface area contributed by atoms with Crippen LogP contribution in [0, 0.1) is 0 Å². The number of nitrogens with one attached hydrogen (secondary N) is 1. The minimum atomic E-state index is -0.121. The van der Waals surface area contributed by atoms with Crippen molar-refractivity contribution >= 4 is 29.9 Å². The Bertz CT molecular complexity index is 516. The molecule has 0 spiro atoms. The summed E-state index contributed by atoms with van der Waals surface area (Å²) >= 11 is 0. The number of hydrogen-bond donors (Lipinski definition) is 2. The first-order chi connectivity index (χ1) is 9.38. The molecule has 2 rings (SSSR count). The fourth-order valence-electron chi connectivity index (χ4n) is 2.03. The normalized spacial score (nSPS) is 14.0. The highest BCUT2D eigenvalue weighted by Gasteiger charge is 2.23. The van der Waals surface area contributed by atoms with Crippen molar-refractivity contribution in [3.05, 3.63) is 23.8 Å². The number of nitrogens with two attached hydrogens (primary N) is 1. The zero-order chi connectivity index (χ0) is 14.8. The number of hydrogen-bond acceptors (Lipinski definition) is 3. The quantitative estimate of drug-likeness (QED) is 0.459. The number of nitrogens with zero attached hydrogens (tertiary/aromatic N) is 1. The number of aliphatic imine (C=N–C) groups is 1. The van der Waals surface area contributed by atoms with Crippen LogP contribution in [0.15, 0.2) is 23.2 Å². The van der Waals surface area contributed by atoms with Crippen LogP contribution < -0.4 is 20.5 Å². The summed E-state index contributed by atoms with van der Waals surface area (Å²) in [4.78, 5) is 4.42. The van der Waals surface area contributed by atoms with Gasteiger partial charge >= 0.3 is 0 Å². The van der Waals surface area contributed by atoms with Crippen LogP contribution in [-0.4, -0.2) is 25.3 Å². The number of fused-ring (bicyclic) bond motifs is 1. The van der Waals surface area contributed by atoms with Gasteiger partial charge in [-0.25, -0.2) is 0 Å². The van der Waals surface area contributed by atoms with Crippen molar-refractivity contribution in [3.63, 3.8) is 0 Å². The molecule has 0 unspecified atom stereocenters. The topological polar surface area (TPSA) is 68.9 Å². The summed E-state index contributed by atoms with van der Waals surface area (Å²) in [6, 6.07) is 6.30. The molecular formula is C15H24IN3O2. The van der Waals surface area contributed by atoms with Gasteiger partial charge in [0.2, 0.25) is 6.79 Å². The predicted octanol–water partition coefficient (Wildman–Crippen LogP) is 2.62. The second-order valence-electron chi connectivity index (χ2n) is 5.95. The summed E-state index contributed by atoms with van der Waals surface area (Å²) in [5.41, 5.74) is 6.88. The summed E-state index contributed by atoms with van der Waals surface area (Å²) in [6.45, 7) is 9.24. The van der Waals surface area contributed by atoms with Crippen molar-refractivity contribution in [1.29, 1.82) is 0 Å². The number of benzene rings is 1. The van der Waals surface area contributed by atoms with Gasteiger partial charge in [-0.15, -0.1) is 24.0 Å². The van der Waals surface area contributed by atoms with Gasteiger partial charge in [0.15, 0.2) is 17.5 Å². The lowest BCUT2D eigenvalue weighted by Crippen LogP contribution is -2.38. The van der Waals surface area contributed by atoms with Crippen molar-refractivity contribution in [2.75, 3.05) is 13.3 Å². The van der Waals surface area contributed by atoms with E-state index < -0.39 is 0 Å². The van der Waals surface area contributed by atoms with Gasteiger partial charge in [0, 0.05) is 11.5 Å².